The highest BCUT2D eigenvalue weighted by molar-refractivity contribution is 6.08. The van der Waals surface area contributed by atoms with Crippen LogP contribution >= 0.6 is 0 Å². The van der Waals surface area contributed by atoms with E-state index in [1.165, 1.54) is 5.57 Å². The number of nitrogens with two attached hydrogens (primary N) is 1. The molecule has 0 bridgehead atoms. The molecule has 0 saturated carbocycles. The third-order valence-electron chi connectivity index (χ3n) is 4.15. The van der Waals surface area contributed by atoms with Crippen LogP contribution in [0.25, 0.3) is 0 Å². The van der Waals surface area contributed by atoms with Gasteiger partial charge in [-0.2, -0.15) is 0 Å². The van der Waals surface area contributed by atoms with E-state index in [9.17, 15) is 4.79 Å². The van der Waals surface area contributed by atoms with Gasteiger partial charge < -0.3 is 10.6 Å². The molecule has 1 unspecified atom stereocenters. The summed E-state index contributed by atoms with van der Waals surface area (Å²) in [6.07, 6.45) is 6.91. The van der Waals surface area contributed by atoms with Crippen molar-refractivity contribution in [2.45, 2.75) is 38.3 Å². The molecular weight excluding hydrogens is 248 g/mol. The lowest BCUT2D eigenvalue weighted by Gasteiger charge is -2.40. The number of hydrogen-bond donors (Lipinski definition) is 1. The van der Waals surface area contributed by atoms with Gasteiger partial charge in [0.1, 0.15) is 0 Å². The number of para-hydroxylation sites is 1. The third kappa shape index (κ3) is 2.18. The van der Waals surface area contributed by atoms with Crippen LogP contribution in [0.1, 0.15) is 26.2 Å². The Morgan fingerprint density at radius 3 is 2.75 bits per heavy atom. The molecule has 0 saturated heterocycles. The number of benzene rings is 1. The van der Waals surface area contributed by atoms with Crippen molar-refractivity contribution in [3.8, 4) is 0 Å². The van der Waals surface area contributed by atoms with E-state index in [1.807, 2.05) is 42.2 Å². The van der Waals surface area contributed by atoms with Crippen LogP contribution in [0.3, 0.4) is 0 Å². The second-order valence-electron chi connectivity index (χ2n) is 5.59. The fourth-order valence-corrected chi connectivity index (χ4v) is 3.08. The van der Waals surface area contributed by atoms with E-state index in [1.54, 1.807) is 0 Å². The Labute approximate surface area is 119 Å². The predicted molar refractivity (Wildman–Crippen MR) is 81.4 cm³/mol. The normalized spacial score (nSPS) is 23.8. The summed E-state index contributed by atoms with van der Waals surface area (Å²) in [4.78, 5) is 14.7. The lowest BCUT2D eigenvalue weighted by atomic mass is 9.85. The minimum atomic E-state index is -0.0523. The van der Waals surface area contributed by atoms with Crippen LogP contribution in [0, 0.1) is 0 Å². The number of nitrogens with zero attached hydrogens (tertiary/aromatic N) is 1. The molecule has 1 amide bonds. The van der Waals surface area contributed by atoms with E-state index in [0.29, 0.717) is 0 Å². The first-order valence-electron chi connectivity index (χ1n) is 7.21. The smallest absolute Gasteiger partial charge is 0.254 e. The van der Waals surface area contributed by atoms with E-state index in [2.05, 4.69) is 12.2 Å². The van der Waals surface area contributed by atoms with Crippen molar-refractivity contribution < 1.29 is 4.79 Å². The molecule has 1 heterocycles. The van der Waals surface area contributed by atoms with Crippen molar-refractivity contribution in [3.63, 3.8) is 0 Å². The van der Waals surface area contributed by atoms with E-state index < -0.39 is 0 Å². The number of amides is 1. The first-order valence-corrected chi connectivity index (χ1v) is 7.21. The van der Waals surface area contributed by atoms with Gasteiger partial charge in [-0.1, -0.05) is 30.4 Å². The zero-order valence-electron chi connectivity index (χ0n) is 11.8. The molecule has 1 aromatic rings. The topological polar surface area (TPSA) is 46.3 Å². The molecule has 3 nitrogen and oxygen atoms in total. The summed E-state index contributed by atoms with van der Waals surface area (Å²) in [6.45, 7) is 1.98. The van der Waals surface area contributed by atoms with Crippen molar-refractivity contribution in [1.82, 2.24) is 0 Å². The summed E-state index contributed by atoms with van der Waals surface area (Å²) in [5.41, 5.74) is 9.23. The predicted octanol–water partition coefficient (Wildman–Crippen LogP) is 2.79. The van der Waals surface area contributed by atoms with Gasteiger partial charge in [0, 0.05) is 17.3 Å². The van der Waals surface area contributed by atoms with Gasteiger partial charge in [-0.3, -0.25) is 4.79 Å². The van der Waals surface area contributed by atoms with Crippen LogP contribution in [0.5, 0.6) is 0 Å². The summed E-state index contributed by atoms with van der Waals surface area (Å²) in [7, 11) is 0. The van der Waals surface area contributed by atoms with Gasteiger partial charge in [-0.05, 0) is 43.9 Å². The van der Waals surface area contributed by atoms with Crippen LogP contribution in [0.2, 0.25) is 0 Å². The fourth-order valence-electron chi connectivity index (χ4n) is 3.08. The molecule has 0 spiro atoms. The number of hydrogen-bond acceptors (Lipinski definition) is 2. The maximum Gasteiger partial charge on any atom is 0.254 e. The molecule has 0 radical (unpaired) electrons. The standard InChI is InChI=1S/C17H20N2O/c1-12(18)16-11-13-7-5-6-10-15(13)17(20)19(16)14-8-3-2-4-9-14/h2-5,7-9,12,16H,6,10-11,18H2,1H3/t12?,16-/m0/s1. The average Bonchev–Trinajstić information content (AvgIpc) is 2.48. The molecule has 3 rings (SSSR count). The van der Waals surface area contributed by atoms with Crippen LogP contribution in [0.4, 0.5) is 5.69 Å². The van der Waals surface area contributed by atoms with Gasteiger partial charge in [-0.15, -0.1) is 0 Å². The Morgan fingerprint density at radius 2 is 2.05 bits per heavy atom. The largest absolute Gasteiger partial charge is 0.326 e. The lowest BCUT2D eigenvalue weighted by Crippen LogP contribution is -2.53. The molecule has 20 heavy (non-hydrogen) atoms. The number of anilines is 1. The average molecular weight is 268 g/mol. The summed E-state index contributed by atoms with van der Waals surface area (Å²) in [5, 5.41) is 0. The van der Waals surface area contributed by atoms with Gasteiger partial charge in [0.15, 0.2) is 0 Å². The van der Waals surface area contributed by atoms with Crippen molar-refractivity contribution >= 4 is 11.6 Å². The Hall–Kier alpha value is -1.87. The highest BCUT2D eigenvalue weighted by atomic mass is 16.2. The van der Waals surface area contributed by atoms with Crippen molar-refractivity contribution in [2.75, 3.05) is 4.90 Å². The minimum Gasteiger partial charge on any atom is -0.326 e. The molecular formula is C17H20N2O. The van der Waals surface area contributed by atoms with E-state index in [0.717, 1.165) is 30.5 Å². The van der Waals surface area contributed by atoms with E-state index in [4.69, 9.17) is 5.73 Å². The Kier molecular flexibility index (Phi) is 3.45. The quantitative estimate of drug-likeness (QED) is 0.896. The summed E-state index contributed by atoms with van der Waals surface area (Å²) < 4.78 is 0. The number of carbonyl (C=O) groups is 1. The van der Waals surface area contributed by atoms with Crippen LogP contribution in [-0.2, 0) is 4.79 Å². The fraction of sp³-hybridized carbons (Fsp3) is 0.353. The molecule has 0 fully saturated rings. The summed E-state index contributed by atoms with van der Waals surface area (Å²) >= 11 is 0. The number of allylic oxidation sites excluding steroid dienone is 2. The third-order valence-corrected chi connectivity index (χ3v) is 4.15. The van der Waals surface area contributed by atoms with Gasteiger partial charge in [0.05, 0.1) is 6.04 Å². The first kappa shape index (κ1) is 13.1. The van der Waals surface area contributed by atoms with Crippen molar-refractivity contribution in [2.24, 2.45) is 5.73 Å². The minimum absolute atomic E-state index is 0.0337. The summed E-state index contributed by atoms with van der Waals surface area (Å²) in [6, 6.07) is 9.84. The van der Waals surface area contributed by atoms with Gasteiger partial charge in [0.25, 0.3) is 5.91 Å². The lowest BCUT2D eigenvalue weighted by molar-refractivity contribution is -0.116. The van der Waals surface area contributed by atoms with Gasteiger partial charge >= 0.3 is 0 Å². The maximum atomic E-state index is 12.9. The van der Waals surface area contributed by atoms with Crippen LogP contribution in [-0.4, -0.2) is 18.0 Å². The van der Waals surface area contributed by atoms with Crippen molar-refractivity contribution in [3.05, 3.63) is 53.6 Å². The van der Waals surface area contributed by atoms with Crippen LogP contribution in [0.15, 0.2) is 53.6 Å². The molecule has 0 aromatic heterocycles. The van der Waals surface area contributed by atoms with Gasteiger partial charge in [-0.25, -0.2) is 0 Å². The highest BCUT2D eigenvalue weighted by Gasteiger charge is 2.36. The molecule has 1 aromatic carbocycles. The SMILES string of the molecule is CC(N)[C@@H]1CC2=C(CCC=C2)C(=O)N1c1ccccc1. The Morgan fingerprint density at radius 1 is 1.30 bits per heavy atom. The molecule has 104 valence electrons. The second kappa shape index (κ2) is 5.25. The molecule has 1 aliphatic heterocycles. The zero-order valence-corrected chi connectivity index (χ0v) is 11.8. The molecule has 1 aliphatic carbocycles. The van der Waals surface area contributed by atoms with Crippen LogP contribution < -0.4 is 10.6 Å². The molecule has 2 N–H and O–H groups in total. The van der Waals surface area contributed by atoms with E-state index >= 15 is 0 Å². The van der Waals surface area contributed by atoms with Crippen molar-refractivity contribution in [1.29, 1.82) is 0 Å². The Balaban J connectivity index is 2.05. The maximum absolute atomic E-state index is 12.9. The second-order valence-corrected chi connectivity index (χ2v) is 5.59. The zero-order chi connectivity index (χ0) is 14.1. The molecule has 2 atom stereocenters. The number of rotatable bonds is 2. The summed E-state index contributed by atoms with van der Waals surface area (Å²) in [5.74, 6) is 0.129. The van der Waals surface area contributed by atoms with E-state index in [-0.39, 0.29) is 18.0 Å². The highest BCUT2D eigenvalue weighted by Crippen LogP contribution is 2.34. The number of carbonyl (C=O) groups excluding carboxylic acids is 1. The molecule has 2 aliphatic rings. The van der Waals surface area contributed by atoms with Gasteiger partial charge in [0.2, 0.25) is 0 Å². The Bertz CT molecular complexity index is 572. The monoisotopic (exact) mass is 268 g/mol. The first-order chi connectivity index (χ1) is 9.68. The molecule has 3 heteroatoms.